The number of aliphatic hydroxyl groups excluding tert-OH is 2. The van der Waals surface area contributed by atoms with E-state index in [9.17, 15) is 28.2 Å². The van der Waals surface area contributed by atoms with Crippen molar-refractivity contribution in [1.29, 1.82) is 0 Å². The van der Waals surface area contributed by atoms with Crippen LogP contribution in [0.1, 0.15) is 32.4 Å². The molecule has 4 N–H and O–H groups in total. The molecule has 13 heteroatoms. The molecule has 0 aliphatic carbocycles. The number of nitrogens with two attached hydrogens (primary N) is 1. The minimum Gasteiger partial charge on any atom is -0.388 e. The molecule has 3 heterocycles. The quantitative estimate of drug-likeness (QED) is 0.614. The Morgan fingerprint density at radius 2 is 2.11 bits per heavy atom. The number of anilines is 1. The van der Waals surface area contributed by atoms with Crippen LogP contribution in [0.2, 0.25) is 5.15 Å². The minimum absolute atomic E-state index is 0.0650. The van der Waals surface area contributed by atoms with Crippen LogP contribution in [0.25, 0.3) is 11.2 Å². The summed E-state index contributed by atoms with van der Waals surface area (Å²) in [7, 11) is 0. The lowest BCUT2D eigenvalue weighted by Crippen LogP contribution is -2.39. The highest BCUT2D eigenvalue weighted by Crippen LogP contribution is 2.36. The molecule has 1 aliphatic rings. The van der Waals surface area contributed by atoms with Crippen molar-refractivity contribution < 1.29 is 28.1 Å². The van der Waals surface area contributed by atoms with E-state index in [2.05, 4.69) is 9.97 Å². The Bertz CT molecular complexity index is 931. The Hall–Kier alpha value is -1.89. The van der Waals surface area contributed by atoms with E-state index in [-0.39, 0.29) is 28.8 Å². The van der Waals surface area contributed by atoms with E-state index in [1.807, 2.05) is 6.92 Å². The fraction of sp³-hybridized carbons (Fsp3) is 0.667. The molecule has 1 fully saturated rings. The number of aryl methyl sites for hydroxylation is 1. The average Bonchev–Trinajstić information content (AvgIpc) is 3.08. The lowest BCUT2D eigenvalue weighted by atomic mass is 10.1. The van der Waals surface area contributed by atoms with E-state index in [0.29, 0.717) is 6.42 Å². The fourth-order valence-corrected chi connectivity index (χ4v) is 3.50. The molecule has 4 atom stereocenters. The summed E-state index contributed by atoms with van der Waals surface area (Å²) in [5, 5.41) is 19.6. The Labute approximate surface area is 161 Å². The lowest BCUT2D eigenvalue weighted by Gasteiger charge is -2.21. The van der Waals surface area contributed by atoms with E-state index in [0.717, 1.165) is 11.0 Å². The number of aromatic nitrogens is 4. The summed E-state index contributed by atoms with van der Waals surface area (Å²) in [4.78, 5) is 20.7. The zero-order valence-corrected chi connectivity index (χ0v) is 15.5. The van der Waals surface area contributed by atoms with Crippen LogP contribution in [-0.2, 0) is 11.3 Å². The second kappa shape index (κ2) is 7.50. The van der Waals surface area contributed by atoms with Crippen molar-refractivity contribution in [2.45, 2.75) is 63.4 Å². The second-order valence-electron chi connectivity index (χ2n) is 6.56. The number of halogens is 4. The second-order valence-corrected chi connectivity index (χ2v) is 6.92. The highest BCUT2D eigenvalue weighted by atomic mass is 35.5. The van der Waals surface area contributed by atoms with Crippen molar-refractivity contribution in [3.05, 3.63) is 15.6 Å². The maximum absolute atomic E-state index is 12.9. The first-order valence-corrected chi connectivity index (χ1v) is 8.96. The molecule has 2 aromatic rings. The molecule has 2 aromatic heterocycles. The largest absolute Gasteiger partial charge is 0.416 e. The number of ether oxygens (including phenoxy) is 1. The number of nitrogen functional groups attached to an aromatic ring is 1. The number of nitrogens with zero attached hydrogens (tertiary/aromatic N) is 4. The predicted octanol–water partition coefficient (Wildman–Crippen LogP) is 1.20. The van der Waals surface area contributed by atoms with E-state index < -0.39 is 42.8 Å². The van der Waals surface area contributed by atoms with Gasteiger partial charge in [-0.1, -0.05) is 24.9 Å². The Morgan fingerprint density at radius 1 is 1.43 bits per heavy atom. The zero-order chi connectivity index (χ0) is 20.8. The van der Waals surface area contributed by atoms with Gasteiger partial charge in [0.15, 0.2) is 23.1 Å². The van der Waals surface area contributed by atoms with Gasteiger partial charge < -0.3 is 20.7 Å². The van der Waals surface area contributed by atoms with Crippen molar-refractivity contribution in [2.24, 2.45) is 0 Å². The summed E-state index contributed by atoms with van der Waals surface area (Å²) < 4.78 is 45.8. The van der Waals surface area contributed by atoms with Crippen LogP contribution in [0, 0.1) is 0 Å². The average molecular weight is 426 g/mol. The molecule has 3 rings (SSSR count). The van der Waals surface area contributed by atoms with E-state index in [4.69, 9.17) is 22.1 Å². The number of alkyl halides is 3. The van der Waals surface area contributed by atoms with Gasteiger partial charge in [-0.3, -0.25) is 4.57 Å². The number of imidazole rings is 1. The number of rotatable bonds is 5. The van der Waals surface area contributed by atoms with Gasteiger partial charge in [0.1, 0.15) is 11.6 Å². The molecule has 156 valence electrons. The van der Waals surface area contributed by atoms with Gasteiger partial charge in [0, 0.05) is 13.0 Å². The zero-order valence-electron chi connectivity index (χ0n) is 14.7. The van der Waals surface area contributed by atoms with E-state index in [1.54, 1.807) is 0 Å². The number of hydrogen-bond donors (Lipinski definition) is 3. The normalized spacial score (nSPS) is 24.2. The SMILES string of the molecule is CCCCn1c(=O)n([C@@H]2O[C@H]([C@@H](O)C(F)(F)F)C[C@H]2O)c2nc(N)nc(Cl)c21. The molecule has 0 aromatic carbocycles. The van der Waals surface area contributed by atoms with Crippen LogP contribution in [0.15, 0.2) is 4.79 Å². The van der Waals surface area contributed by atoms with Crippen LogP contribution >= 0.6 is 11.6 Å². The van der Waals surface area contributed by atoms with Crippen molar-refractivity contribution in [2.75, 3.05) is 5.73 Å². The highest BCUT2D eigenvalue weighted by molar-refractivity contribution is 6.33. The molecule has 0 radical (unpaired) electrons. The van der Waals surface area contributed by atoms with Crippen LogP contribution in [0.3, 0.4) is 0 Å². The number of unbranched alkanes of at least 4 members (excludes halogenated alkanes) is 1. The standard InChI is InChI=1S/C15H19ClF3N5O4/c1-2-3-4-23-8-10(16)21-13(20)22-11(8)24(14(23)27)12-6(25)5-7(28-12)9(26)15(17,18)19/h6-7,9,12,25-26H,2-5H2,1H3,(H2,20,21,22)/t6-,7+,9-,12-/m1/s1. The maximum Gasteiger partial charge on any atom is 0.416 e. The Balaban J connectivity index is 2.10. The monoisotopic (exact) mass is 425 g/mol. The summed E-state index contributed by atoms with van der Waals surface area (Å²) >= 11 is 6.12. The summed E-state index contributed by atoms with van der Waals surface area (Å²) in [6.45, 7) is 2.16. The molecule has 1 saturated heterocycles. The third kappa shape index (κ3) is 3.56. The minimum atomic E-state index is -4.94. The first-order chi connectivity index (χ1) is 13.1. The van der Waals surface area contributed by atoms with E-state index in [1.165, 1.54) is 4.57 Å². The third-order valence-corrected chi connectivity index (χ3v) is 4.83. The van der Waals surface area contributed by atoms with Crippen LogP contribution in [0.4, 0.5) is 19.1 Å². The highest BCUT2D eigenvalue weighted by Gasteiger charge is 2.50. The van der Waals surface area contributed by atoms with Gasteiger partial charge in [0.2, 0.25) is 5.95 Å². The Kier molecular flexibility index (Phi) is 5.58. The molecule has 0 amide bonds. The molecular weight excluding hydrogens is 407 g/mol. The van der Waals surface area contributed by atoms with Gasteiger partial charge in [0.25, 0.3) is 0 Å². The predicted molar refractivity (Wildman–Crippen MR) is 92.7 cm³/mol. The number of aliphatic hydroxyl groups is 2. The summed E-state index contributed by atoms with van der Waals surface area (Å²) in [5.41, 5.74) is 4.99. The maximum atomic E-state index is 12.9. The first-order valence-electron chi connectivity index (χ1n) is 8.58. The molecule has 1 aliphatic heterocycles. The molecule has 0 saturated carbocycles. The van der Waals surface area contributed by atoms with Crippen molar-refractivity contribution in [3.8, 4) is 0 Å². The van der Waals surface area contributed by atoms with Crippen molar-refractivity contribution >= 4 is 28.7 Å². The van der Waals surface area contributed by atoms with Gasteiger partial charge in [-0.2, -0.15) is 23.1 Å². The number of hydrogen-bond acceptors (Lipinski definition) is 7. The fourth-order valence-electron chi connectivity index (χ4n) is 3.23. The molecule has 28 heavy (non-hydrogen) atoms. The van der Waals surface area contributed by atoms with Crippen molar-refractivity contribution in [3.63, 3.8) is 0 Å². The van der Waals surface area contributed by atoms with Crippen LogP contribution < -0.4 is 11.4 Å². The summed E-state index contributed by atoms with van der Waals surface area (Å²) in [5.74, 6) is -0.252. The molecule has 0 unspecified atom stereocenters. The topological polar surface area (TPSA) is 128 Å². The van der Waals surface area contributed by atoms with Gasteiger partial charge in [-0.25, -0.2) is 9.36 Å². The smallest absolute Gasteiger partial charge is 0.388 e. The molecule has 9 nitrogen and oxygen atoms in total. The third-order valence-electron chi connectivity index (χ3n) is 4.57. The van der Waals surface area contributed by atoms with Crippen molar-refractivity contribution in [1.82, 2.24) is 19.1 Å². The molecular formula is C15H19ClF3N5O4. The lowest BCUT2D eigenvalue weighted by molar-refractivity contribution is -0.237. The number of fused-ring (bicyclic) bond motifs is 1. The molecule has 0 spiro atoms. The Morgan fingerprint density at radius 3 is 2.71 bits per heavy atom. The van der Waals surface area contributed by atoms with Gasteiger partial charge in [0.05, 0.1) is 6.10 Å². The summed E-state index contributed by atoms with van der Waals surface area (Å²) in [6, 6.07) is 0. The summed E-state index contributed by atoms with van der Waals surface area (Å²) in [6.07, 6.45) is -11.6. The van der Waals surface area contributed by atoms with Crippen LogP contribution in [0.5, 0.6) is 0 Å². The molecule has 0 bridgehead atoms. The first kappa shape index (κ1) is 20.8. The van der Waals surface area contributed by atoms with E-state index >= 15 is 0 Å². The van der Waals surface area contributed by atoms with Crippen LogP contribution in [-0.4, -0.2) is 53.8 Å². The van der Waals surface area contributed by atoms with Gasteiger partial charge >= 0.3 is 11.9 Å². The van der Waals surface area contributed by atoms with Gasteiger partial charge in [-0.05, 0) is 6.42 Å². The van der Waals surface area contributed by atoms with Gasteiger partial charge in [-0.15, -0.1) is 0 Å².